The highest BCUT2D eigenvalue weighted by Crippen LogP contribution is 2.51. The molecule has 1 aromatic carbocycles. The fourth-order valence-electron chi connectivity index (χ4n) is 4.04. The van der Waals surface area contributed by atoms with Gasteiger partial charge in [0.1, 0.15) is 12.2 Å². The van der Waals surface area contributed by atoms with Crippen molar-refractivity contribution in [2.24, 2.45) is 0 Å². The predicted molar refractivity (Wildman–Crippen MR) is 105 cm³/mol. The summed E-state index contributed by atoms with van der Waals surface area (Å²) in [7, 11) is 1.28. The Hall–Kier alpha value is -2.83. The molecule has 0 spiro atoms. The van der Waals surface area contributed by atoms with Crippen LogP contribution in [0.2, 0.25) is 0 Å². The highest BCUT2D eigenvalue weighted by molar-refractivity contribution is 5.95. The molecule has 7 heteroatoms. The SMILES string of the molecule is COC(=O)/C=C1/C[C@H]2CC[C@]1(C(=O)OC(C)(C)C)N2C(=O)OCc1ccccc1. The topological polar surface area (TPSA) is 82.1 Å². The van der Waals surface area contributed by atoms with Crippen LogP contribution in [0.25, 0.3) is 0 Å². The Balaban J connectivity index is 1.90. The molecule has 0 radical (unpaired) electrons. The Morgan fingerprint density at radius 1 is 1.21 bits per heavy atom. The van der Waals surface area contributed by atoms with Crippen molar-refractivity contribution < 1.29 is 28.6 Å². The number of carbonyl (C=O) groups is 3. The van der Waals surface area contributed by atoms with Gasteiger partial charge in [-0.05, 0) is 51.2 Å². The number of methoxy groups -OCH3 is 1. The molecule has 2 saturated heterocycles. The molecule has 2 heterocycles. The lowest BCUT2D eigenvalue weighted by atomic mass is 9.82. The first kappa shape index (κ1) is 20.9. The van der Waals surface area contributed by atoms with Crippen molar-refractivity contribution in [3.63, 3.8) is 0 Å². The summed E-state index contributed by atoms with van der Waals surface area (Å²) in [6, 6.07) is 9.11. The molecule has 7 nitrogen and oxygen atoms in total. The summed E-state index contributed by atoms with van der Waals surface area (Å²) in [6.07, 6.45) is 2.15. The van der Waals surface area contributed by atoms with Crippen molar-refractivity contribution in [1.29, 1.82) is 0 Å². The van der Waals surface area contributed by atoms with Crippen LogP contribution in [0, 0.1) is 0 Å². The fourth-order valence-corrected chi connectivity index (χ4v) is 4.04. The minimum atomic E-state index is -1.33. The summed E-state index contributed by atoms with van der Waals surface area (Å²) in [5, 5.41) is 0. The molecule has 1 amide bonds. The number of nitrogens with zero attached hydrogens (tertiary/aromatic N) is 1. The van der Waals surface area contributed by atoms with Gasteiger partial charge in [0.25, 0.3) is 0 Å². The number of carbonyl (C=O) groups excluding carboxylic acids is 3. The quantitative estimate of drug-likeness (QED) is 0.437. The smallest absolute Gasteiger partial charge is 0.411 e. The van der Waals surface area contributed by atoms with E-state index in [0.29, 0.717) is 24.8 Å². The molecule has 2 atom stereocenters. The lowest BCUT2D eigenvalue weighted by Gasteiger charge is -2.35. The van der Waals surface area contributed by atoms with E-state index in [1.807, 2.05) is 30.3 Å². The van der Waals surface area contributed by atoms with E-state index >= 15 is 0 Å². The lowest BCUT2D eigenvalue weighted by molar-refractivity contribution is -0.164. The molecule has 0 unspecified atom stereocenters. The van der Waals surface area contributed by atoms with Crippen LogP contribution in [0.5, 0.6) is 0 Å². The number of hydrogen-bond donors (Lipinski definition) is 0. The number of esters is 2. The molecule has 0 aliphatic carbocycles. The largest absolute Gasteiger partial charge is 0.466 e. The van der Waals surface area contributed by atoms with Gasteiger partial charge < -0.3 is 14.2 Å². The first-order valence-electron chi connectivity index (χ1n) is 9.70. The molecule has 1 aromatic rings. The molecule has 2 fully saturated rings. The van der Waals surface area contributed by atoms with Crippen molar-refractivity contribution in [3.05, 3.63) is 47.5 Å². The van der Waals surface area contributed by atoms with Crippen LogP contribution in [0.15, 0.2) is 42.0 Å². The van der Waals surface area contributed by atoms with Gasteiger partial charge in [0.2, 0.25) is 0 Å². The number of hydrogen-bond acceptors (Lipinski definition) is 6. The molecule has 0 N–H and O–H groups in total. The molecule has 2 bridgehead atoms. The van der Waals surface area contributed by atoms with Gasteiger partial charge in [-0.3, -0.25) is 4.90 Å². The number of fused-ring (bicyclic) bond motifs is 2. The second kappa shape index (κ2) is 7.89. The number of ether oxygens (including phenoxy) is 3. The summed E-state index contributed by atoms with van der Waals surface area (Å²) in [5.41, 5.74) is -0.682. The molecular weight excluding hydrogens is 374 g/mol. The van der Waals surface area contributed by atoms with Crippen LogP contribution in [-0.2, 0) is 30.4 Å². The van der Waals surface area contributed by atoms with Gasteiger partial charge in [-0.15, -0.1) is 0 Å². The first-order chi connectivity index (χ1) is 13.7. The van der Waals surface area contributed by atoms with Crippen LogP contribution in [0.3, 0.4) is 0 Å². The summed E-state index contributed by atoms with van der Waals surface area (Å²) >= 11 is 0. The Morgan fingerprint density at radius 3 is 2.52 bits per heavy atom. The summed E-state index contributed by atoms with van der Waals surface area (Å²) in [5.74, 6) is -1.11. The Morgan fingerprint density at radius 2 is 1.90 bits per heavy atom. The van der Waals surface area contributed by atoms with Crippen molar-refractivity contribution in [3.8, 4) is 0 Å². The van der Waals surface area contributed by atoms with Crippen LogP contribution < -0.4 is 0 Å². The Labute approximate surface area is 170 Å². The molecule has 2 aliphatic rings. The molecule has 0 saturated carbocycles. The van der Waals surface area contributed by atoms with E-state index in [9.17, 15) is 14.4 Å². The van der Waals surface area contributed by atoms with Gasteiger partial charge in [-0.2, -0.15) is 0 Å². The molecule has 0 aromatic heterocycles. The average Bonchev–Trinajstić information content (AvgIpc) is 3.19. The van der Waals surface area contributed by atoms with E-state index in [-0.39, 0.29) is 12.6 Å². The highest BCUT2D eigenvalue weighted by atomic mass is 16.6. The van der Waals surface area contributed by atoms with Gasteiger partial charge in [0.15, 0.2) is 5.54 Å². The van der Waals surface area contributed by atoms with Crippen LogP contribution in [-0.4, -0.2) is 47.2 Å². The van der Waals surface area contributed by atoms with E-state index in [2.05, 4.69) is 0 Å². The molecule has 3 rings (SSSR count). The van der Waals surface area contributed by atoms with Crippen molar-refractivity contribution in [1.82, 2.24) is 4.90 Å². The zero-order valence-corrected chi connectivity index (χ0v) is 17.3. The summed E-state index contributed by atoms with van der Waals surface area (Å²) < 4.78 is 15.9. The van der Waals surface area contributed by atoms with Gasteiger partial charge in [0.05, 0.1) is 7.11 Å². The second-order valence-corrected chi connectivity index (χ2v) is 8.36. The monoisotopic (exact) mass is 401 g/mol. The van der Waals surface area contributed by atoms with Crippen LogP contribution >= 0.6 is 0 Å². The second-order valence-electron chi connectivity index (χ2n) is 8.36. The minimum absolute atomic E-state index is 0.101. The van der Waals surface area contributed by atoms with Gasteiger partial charge >= 0.3 is 18.0 Å². The normalized spacial score (nSPS) is 24.5. The molecular formula is C22H27NO6. The van der Waals surface area contributed by atoms with Crippen molar-refractivity contribution in [2.75, 3.05) is 7.11 Å². The third-order valence-electron chi connectivity index (χ3n) is 5.23. The fraction of sp³-hybridized carbons (Fsp3) is 0.500. The molecule has 29 heavy (non-hydrogen) atoms. The number of benzene rings is 1. The van der Waals surface area contributed by atoms with E-state index in [1.165, 1.54) is 18.1 Å². The van der Waals surface area contributed by atoms with E-state index < -0.39 is 29.2 Å². The zero-order chi connectivity index (χ0) is 21.2. The third kappa shape index (κ3) is 4.13. The highest BCUT2D eigenvalue weighted by Gasteiger charge is 2.63. The summed E-state index contributed by atoms with van der Waals surface area (Å²) in [6.45, 7) is 5.41. The molecule has 2 aliphatic heterocycles. The lowest BCUT2D eigenvalue weighted by Crippen LogP contribution is -2.54. The van der Waals surface area contributed by atoms with E-state index in [0.717, 1.165) is 5.56 Å². The maximum Gasteiger partial charge on any atom is 0.411 e. The van der Waals surface area contributed by atoms with Crippen molar-refractivity contribution >= 4 is 18.0 Å². The first-order valence-corrected chi connectivity index (χ1v) is 9.70. The average molecular weight is 401 g/mol. The summed E-state index contributed by atoms with van der Waals surface area (Å²) in [4.78, 5) is 39.6. The minimum Gasteiger partial charge on any atom is -0.466 e. The third-order valence-corrected chi connectivity index (χ3v) is 5.23. The zero-order valence-electron chi connectivity index (χ0n) is 17.3. The van der Waals surface area contributed by atoms with Crippen molar-refractivity contribution in [2.45, 2.75) is 63.8 Å². The van der Waals surface area contributed by atoms with Crippen LogP contribution in [0.4, 0.5) is 4.79 Å². The number of amides is 1. The van der Waals surface area contributed by atoms with E-state index in [4.69, 9.17) is 14.2 Å². The number of rotatable bonds is 4. The van der Waals surface area contributed by atoms with Crippen LogP contribution in [0.1, 0.15) is 45.6 Å². The van der Waals surface area contributed by atoms with Gasteiger partial charge in [-0.1, -0.05) is 30.3 Å². The predicted octanol–water partition coefficient (Wildman–Crippen LogP) is 3.37. The Bertz CT molecular complexity index is 825. The molecule has 156 valence electrons. The maximum atomic E-state index is 13.2. The maximum absolute atomic E-state index is 13.2. The van der Waals surface area contributed by atoms with E-state index in [1.54, 1.807) is 20.8 Å². The van der Waals surface area contributed by atoms with Gasteiger partial charge in [0, 0.05) is 12.1 Å². The standard InChI is InChI=1S/C22H27NO6/c1-21(2,3)29-19(25)22-11-10-17(12-16(22)13-18(24)27-4)23(22)20(26)28-14-15-8-6-5-7-9-15/h5-9,13,17H,10-12,14H2,1-4H3/b16-13-/t17-,22+/m1/s1. The van der Waals surface area contributed by atoms with Gasteiger partial charge in [-0.25, -0.2) is 14.4 Å². The Kier molecular flexibility index (Phi) is 5.68.